The van der Waals surface area contributed by atoms with Gasteiger partial charge in [-0.3, -0.25) is 38.9 Å². The summed E-state index contributed by atoms with van der Waals surface area (Å²) in [5.41, 5.74) is 10.5. The summed E-state index contributed by atoms with van der Waals surface area (Å²) in [6, 6.07) is 16.0. The number of hydrazine groups is 1. The third-order valence-electron chi connectivity index (χ3n) is 13.4. The number of pyridine rings is 1. The van der Waals surface area contributed by atoms with E-state index in [1.807, 2.05) is 71.6 Å². The lowest BCUT2D eigenvalue weighted by Gasteiger charge is -2.37. The molecule has 2 saturated heterocycles. The van der Waals surface area contributed by atoms with Crippen LogP contribution in [0, 0.1) is 29.1 Å². The first-order valence-electron chi connectivity index (χ1n) is 25.3. The smallest absolute Gasteiger partial charge is 0.324 e. The summed E-state index contributed by atoms with van der Waals surface area (Å²) >= 11 is 0. The summed E-state index contributed by atoms with van der Waals surface area (Å²) in [6.07, 6.45) is 4.49. The fourth-order valence-corrected chi connectivity index (χ4v) is 9.97. The second kappa shape index (κ2) is 25.3. The number of ether oxygens (including phenoxy) is 2. The number of benzene rings is 2. The molecule has 0 spiro atoms. The Bertz CT molecular complexity index is 2520. The van der Waals surface area contributed by atoms with Crippen molar-refractivity contribution in [2.75, 3.05) is 46.9 Å². The highest BCUT2D eigenvalue weighted by atomic mass is 16.5. The summed E-state index contributed by atoms with van der Waals surface area (Å²) in [6.45, 7) is 22.8. The lowest BCUT2D eigenvalue weighted by atomic mass is 9.84. The second-order valence-electron chi connectivity index (χ2n) is 19.1. The number of likely N-dealkylation sites (tertiary alicyclic amines) is 1. The molecule has 14 heteroatoms. The summed E-state index contributed by atoms with van der Waals surface area (Å²) in [4.78, 5) is 76.2. The number of aromatic nitrogens is 2. The molecule has 5 heterocycles. The van der Waals surface area contributed by atoms with E-state index in [0.29, 0.717) is 64.7 Å². The number of hydrogen-bond acceptors (Lipinski definition) is 10. The van der Waals surface area contributed by atoms with Crippen LogP contribution in [0.15, 0.2) is 60.8 Å². The SMILES string of the molecule is CC.CC.CCn1c(-c2cccnc2C(C)OC)c2c3cc(ccc31)-c1cccc(c1)CC(NC(=O)C(C(C)C)N(C)C(=O)C1CCN(CC#CC=O)C1)C(=O)N1CCCC(N1)C(=O)OCC(C)(C)C2. The molecule has 2 N–H and O–H groups in total. The number of nitrogens with one attached hydrogen (secondary N) is 2. The Morgan fingerprint density at radius 3 is 2.47 bits per heavy atom. The molecule has 0 radical (unpaired) electrons. The highest BCUT2D eigenvalue weighted by molar-refractivity contribution is 5.96. The number of cyclic esters (lactones) is 1. The fourth-order valence-electron chi connectivity index (χ4n) is 9.97. The molecule has 4 aromatic rings. The number of carbonyl (C=O) groups is 5. The third kappa shape index (κ3) is 12.7. The molecular weight excluding hydrogens is 883 g/mol. The van der Waals surface area contributed by atoms with Crippen LogP contribution in [0.4, 0.5) is 0 Å². The van der Waals surface area contributed by atoms with Crippen molar-refractivity contribution in [3.05, 3.63) is 77.6 Å². The molecule has 70 heavy (non-hydrogen) atoms. The van der Waals surface area contributed by atoms with E-state index in [0.717, 1.165) is 50.1 Å². The van der Waals surface area contributed by atoms with Crippen molar-refractivity contribution in [2.45, 2.75) is 132 Å². The zero-order valence-corrected chi connectivity index (χ0v) is 43.7. The van der Waals surface area contributed by atoms with E-state index < -0.39 is 35.4 Å². The van der Waals surface area contributed by atoms with Gasteiger partial charge in [0.05, 0.1) is 36.6 Å². The number of fused-ring (bicyclic) bond motifs is 6. The van der Waals surface area contributed by atoms with Crippen molar-refractivity contribution in [3.8, 4) is 34.2 Å². The molecule has 378 valence electrons. The first-order valence-corrected chi connectivity index (χ1v) is 25.3. The zero-order valence-electron chi connectivity index (χ0n) is 43.7. The Morgan fingerprint density at radius 2 is 1.77 bits per heavy atom. The van der Waals surface area contributed by atoms with Gasteiger partial charge in [0.25, 0.3) is 5.91 Å². The number of rotatable bonds is 10. The lowest BCUT2D eigenvalue weighted by molar-refractivity contribution is -0.155. The Morgan fingerprint density at radius 1 is 1.03 bits per heavy atom. The van der Waals surface area contributed by atoms with Crippen LogP contribution in [0.3, 0.4) is 0 Å². The van der Waals surface area contributed by atoms with Gasteiger partial charge in [-0.25, -0.2) is 5.43 Å². The predicted octanol–water partition coefficient (Wildman–Crippen LogP) is 7.81. The van der Waals surface area contributed by atoms with E-state index in [2.05, 4.69) is 84.3 Å². The van der Waals surface area contributed by atoms with Crippen LogP contribution in [0.1, 0.15) is 111 Å². The van der Waals surface area contributed by atoms with Gasteiger partial charge in [0.1, 0.15) is 18.1 Å². The predicted molar refractivity (Wildman–Crippen MR) is 276 cm³/mol. The van der Waals surface area contributed by atoms with E-state index in [9.17, 15) is 24.0 Å². The molecule has 3 amide bonds. The maximum atomic E-state index is 14.7. The first-order chi connectivity index (χ1) is 33.6. The molecule has 0 aliphatic carbocycles. The van der Waals surface area contributed by atoms with Crippen LogP contribution in [0.5, 0.6) is 0 Å². The average Bonchev–Trinajstić information content (AvgIpc) is 3.97. The molecule has 6 bridgehead atoms. The fraction of sp³-hybridized carbons (Fsp3) is 0.536. The van der Waals surface area contributed by atoms with Crippen molar-refractivity contribution in [2.24, 2.45) is 17.3 Å². The molecule has 3 aliphatic rings. The summed E-state index contributed by atoms with van der Waals surface area (Å²) in [5, 5.41) is 5.61. The summed E-state index contributed by atoms with van der Waals surface area (Å²) < 4.78 is 14.3. The van der Waals surface area contributed by atoms with E-state index in [-0.39, 0.29) is 42.8 Å². The average molecular weight is 960 g/mol. The Balaban J connectivity index is 0.00000222. The molecule has 2 aromatic heterocycles. The molecule has 0 saturated carbocycles. The van der Waals surface area contributed by atoms with Crippen LogP contribution in [-0.4, -0.2) is 119 Å². The number of amides is 3. The number of likely N-dealkylation sites (N-methyl/N-ethyl adjacent to an activating group) is 1. The maximum absolute atomic E-state index is 14.7. The highest BCUT2D eigenvalue weighted by Crippen LogP contribution is 2.42. The van der Waals surface area contributed by atoms with Gasteiger partial charge in [-0.15, -0.1) is 0 Å². The van der Waals surface area contributed by atoms with Crippen LogP contribution in [0.25, 0.3) is 33.3 Å². The number of nitrogens with zero attached hydrogens (tertiary/aromatic N) is 5. The van der Waals surface area contributed by atoms with Crippen LogP contribution < -0.4 is 10.7 Å². The molecule has 14 nitrogen and oxygen atoms in total. The normalized spacial score (nSPS) is 20.0. The molecule has 5 unspecified atom stereocenters. The number of carbonyl (C=O) groups excluding carboxylic acids is 5. The lowest BCUT2D eigenvalue weighted by Crippen LogP contribution is -2.62. The first kappa shape index (κ1) is 55.1. The highest BCUT2D eigenvalue weighted by Gasteiger charge is 2.40. The number of aldehydes is 1. The van der Waals surface area contributed by atoms with Crippen molar-refractivity contribution < 1.29 is 33.4 Å². The molecular formula is C56H77N7O7. The van der Waals surface area contributed by atoms with Crippen LogP contribution in [0.2, 0.25) is 0 Å². The number of aryl methyl sites for hydroxylation is 1. The van der Waals surface area contributed by atoms with Gasteiger partial charge in [0.15, 0.2) is 6.29 Å². The van der Waals surface area contributed by atoms with Gasteiger partial charge >= 0.3 is 5.97 Å². The minimum Gasteiger partial charge on any atom is -0.464 e. The van der Waals surface area contributed by atoms with Crippen LogP contribution in [-0.2, 0) is 52.8 Å². The zero-order chi connectivity index (χ0) is 51.3. The topological polar surface area (TPSA) is 155 Å². The molecule has 2 fully saturated rings. The van der Waals surface area contributed by atoms with Gasteiger partial charge in [0.2, 0.25) is 11.8 Å². The number of methoxy groups -OCH3 is 1. The molecule has 7 rings (SSSR count). The second-order valence-corrected chi connectivity index (χ2v) is 19.1. The number of esters is 1. The Labute approximate surface area is 416 Å². The maximum Gasteiger partial charge on any atom is 0.324 e. The summed E-state index contributed by atoms with van der Waals surface area (Å²) in [7, 11) is 3.34. The van der Waals surface area contributed by atoms with Crippen LogP contribution >= 0.6 is 0 Å². The monoisotopic (exact) mass is 960 g/mol. The third-order valence-corrected chi connectivity index (χ3v) is 13.4. The van der Waals surface area contributed by atoms with E-state index in [4.69, 9.17) is 14.5 Å². The van der Waals surface area contributed by atoms with Crippen molar-refractivity contribution in [3.63, 3.8) is 0 Å². The Hall–Kier alpha value is -5.88. The quantitative estimate of drug-likeness (QED) is 0.0914. The standard InChI is InChI=1S/C52H65N7O7.2C2H6/c1-9-58-44-20-19-37-29-40(44)41(47(58)39-17-13-22-53-45(39)34(4)65-8)30-52(5,6)32-66-51(64)42-18-14-24-59(55-42)50(63)43(28-35-15-12-16-36(37)27-35)54-48(61)46(33(2)3)56(7)49(62)38-21-25-57(31-38)23-10-11-26-60;2*1-2/h12-13,15-17,19-20,22,26-27,29,33-34,38,42-43,46,55H,9,14,18,21,23-25,28,30-32H2,1-8H3,(H,54,61);2*1-2H3. The van der Waals surface area contributed by atoms with Gasteiger partial charge in [-0.1, -0.05) is 91.6 Å². The largest absolute Gasteiger partial charge is 0.464 e. The molecule has 5 atom stereocenters. The minimum absolute atomic E-state index is 0.140. The van der Waals surface area contributed by atoms with E-state index >= 15 is 0 Å². The molecule has 2 aromatic carbocycles. The van der Waals surface area contributed by atoms with Gasteiger partial charge in [-0.05, 0) is 104 Å². The minimum atomic E-state index is -1.03. The van der Waals surface area contributed by atoms with E-state index in [1.54, 1.807) is 20.4 Å². The van der Waals surface area contributed by atoms with Gasteiger partial charge in [-0.2, -0.15) is 0 Å². The van der Waals surface area contributed by atoms with E-state index in [1.165, 1.54) is 9.91 Å². The Kier molecular flexibility index (Phi) is 19.9. The van der Waals surface area contributed by atoms with Gasteiger partial charge < -0.3 is 24.3 Å². The van der Waals surface area contributed by atoms with Gasteiger partial charge in [0, 0.05) is 68.3 Å². The van der Waals surface area contributed by atoms with Crippen molar-refractivity contribution in [1.29, 1.82) is 0 Å². The molecule has 3 aliphatic heterocycles. The van der Waals surface area contributed by atoms with Crippen molar-refractivity contribution in [1.82, 2.24) is 35.1 Å². The van der Waals surface area contributed by atoms with Crippen molar-refractivity contribution >= 4 is 40.9 Å². The number of hydrogen-bond donors (Lipinski definition) is 2. The summed E-state index contributed by atoms with van der Waals surface area (Å²) in [5.74, 6) is 3.19.